The SMILES string of the molecule is CC(C)c1[nH]ncc1C(=O)N1CCC(Oc2ccnc(CN(C)C)c2)C1. The minimum absolute atomic E-state index is 0.00274. The van der Waals surface area contributed by atoms with Crippen LogP contribution in [-0.4, -0.2) is 64.2 Å². The van der Waals surface area contributed by atoms with E-state index in [4.69, 9.17) is 4.74 Å². The molecule has 26 heavy (non-hydrogen) atoms. The van der Waals surface area contributed by atoms with Crippen LogP contribution >= 0.6 is 0 Å². The number of carbonyl (C=O) groups excluding carboxylic acids is 1. The minimum atomic E-state index is 0.00274. The van der Waals surface area contributed by atoms with E-state index in [0.29, 0.717) is 18.7 Å². The number of pyridine rings is 1. The van der Waals surface area contributed by atoms with Crippen LogP contribution < -0.4 is 4.74 Å². The number of nitrogens with one attached hydrogen (secondary N) is 1. The van der Waals surface area contributed by atoms with E-state index < -0.39 is 0 Å². The lowest BCUT2D eigenvalue weighted by Gasteiger charge is -2.18. The molecule has 3 rings (SSSR count). The van der Waals surface area contributed by atoms with Gasteiger partial charge in [0.25, 0.3) is 5.91 Å². The first-order chi connectivity index (χ1) is 12.4. The molecule has 1 unspecified atom stereocenters. The van der Waals surface area contributed by atoms with Crippen LogP contribution in [-0.2, 0) is 6.54 Å². The average molecular weight is 357 g/mol. The third-order valence-electron chi connectivity index (χ3n) is 4.48. The van der Waals surface area contributed by atoms with E-state index in [0.717, 1.165) is 30.1 Å². The first kappa shape index (κ1) is 18.4. The van der Waals surface area contributed by atoms with Crippen LogP contribution in [0.3, 0.4) is 0 Å². The molecule has 7 heteroatoms. The zero-order chi connectivity index (χ0) is 18.7. The Labute approximate surface area is 154 Å². The Kier molecular flexibility index (Phi) is 5.56. The van der Waals surface area contributed by atoms with E-state index in [1.54, 1.807) is 12.4 Å². The average Bonchev–Trinajstić information content (AvgIpc) is 3.23. The summed E-state index contributed by atoms with van der Waals surface area (Å²) in [5.74, 6) is 1.07. The maximum Gasteiger partial charge on any atom is 0.257 e. The number of carbonyl (C=O) groups is 1. The Morgan fingerprint density at radius 1 is 1.46 bits per heavy atom. The topological polar surface area (TPSA) is 74.3 Å². The van der Waals surface area contributed by atoms with Crippen LogP contribution in [0.25, 0.3) is 0 Å². The third kappa shape index (κ3) is 4.22. The van der Waals surface area contributed by atoms with E-state index in [1.807, 2.05) is 31.1 Å². The predicted molar refractivity (Wildman–Crippen MR) is 99.2 cm³/mol. The zero-order valence-electron chi connectivity index (χ0n) is 15.9. The van der Waals surface area contributed by atoms with Crippen molar-refractivity contribution in [1.29, 1.82) is 0 Å². The molecule has 1 N–H and O–H groups in total. The lowest BCUT2D eigenvalue weighted by atomic mass is 10.1. The number of hydrogen-bond donors (Lipinski definition) is 1. The Bertz CT molecular complexity index is 756. The summed E-state index contributed by atoms with van der Waals surface area (Å²) in [4.78, 5) is 21.1. The highest BCUT2D eigenvalue weighted by Gasteiger charge is 2.30. The van der Waals surface area contributed by atoms with Crippen molar-refractivity contribution in [2.24, 2.45) is 0 Å². The normalized spacial score (nSPS) is 17.3. The zero-order valence-corrected chi connectivity index (χ0v) is 15.9. The predicted octanol–water partition coefficient (Wildman–Crippen LogP) is 2.28. The Hall–Kier alpha value is -2.41. The summed E-state index contributed by atoms with van der Waals surface area (Å²) in [5.41, 5.74) is 2.53. The number of rotatable bonds is 6. The molecule has 7 nitrogen and oxygen atoms in total. The highest BCUT2D eigenvalue weighted by atomic mass is 16.5. The van der Waals surface area contributed by atoms with Gasteiger partial charge in [0.1, 0.15) is 11.9 Å². The summed E-state index contributed by atoms with van der Waals surface area (Å²) in [5, 5.41) is 6.98. The van der Waals surface area contributed by atoms with Gasteiger partial charge in [0.2, 0.25) is 0 Å². The van der Waals surface area contributed by atoms with Crippen molar-refractivity contribution in [2.75, 3.05) is 27.2 Å². The Morgan fingerprint density at radius 3 is 3.00 bits per heavy atom. The summed E-state index contributed by atoms with van der Waals surface area (Å²) in [6, 6.07) is 3.84. The molecule has 1 amide bonds. The van der Waals surface area contributed by atoms with E-state index in [9.17, 15) is 4.79 Å². The fourth-order valence-corrected chi connectivity index (χ4v) is 3.22. The van der Waals surface area contributed by atoms with Gasteiger partial charge in [-0.1, -0.05) is 13.8 Å². The van der Waals surface area contributed by atoms with Crippen molar-refractivity contribution in [3.05, 3.63) is 41.5 Å². The van der Waals surface area contributed by atoms with E-state index in [2.05, 4.69) is 33.9 Å². The first-order valence-corrected chi connectivity index (χ1v) is 9.03. The van der Waals surface area contributed by atoms with E-state index in [-0.39, 0.29) is 17.9 Å². The van der Waals surface area contributed by atoms with Gasteiger partial charge >= 0.3 is 0 Å². The molecule has 2 aromatic rings. The number of aromatic amines is 1. The van der Waals surface area contributed by atoms with Gasteiger partial charge in [-0.05, 0) is 26.1 Å². The van der Waals surface area contributed by atoms with Crippen LogP contribution in [0.1, 0.15) is 47.9 Å². The maximum atomic E-state index is 12.8. The van der Waals surface area contributed by atoms with Gasteiger partial charge in [-0.2, -0.15) is 5.10 Å². The highest BCUT2D eigenvalue weighted by molar-refractivity contribution is 5.95. The van der Waals surface area contributed by atoms with Gasteiger partial charge < -0.3 is 14.5 Å². The smallest absolute Gasteiger partial charge is 0.257 e. The fourth-order valence-electron chi connectivity index (χ4n) is 3.22. The summed E-state index contributed by atoms with van der Waals surface area (Å²) in [6.45, 7) is 6.16. The summed E-state index contributed by atoms with van der Waals surface area (Å²) >= 11 is 0. The molecule has 2 aromatic heterocycles. The van der Waals surface area contributed by atoms with Crippen LogP contribution in [0.15, 0.2) is 24.5 Å². The fraction of sp³-hybridized carbons (Fsp3) is 0.526. The molecule has 1 aliphatic heterocycles. The van der Waals surface area contributed by atoms with Gasteiger partial charge in [-0.25, -0.2) is 0 Å². The molecule has 1 atom stereocenters. The maximum absolute atomic E-state index is 12.8. The third-order valence-corrected chi connectivity index (χ3v) is 4.48. The van der Waals surface area contributed by atoms with E-state index in [1.165, 1.54) is 0 Å². The van der Waals surface area contributed by atoms with Crippen molar-refractivity contribution in [2.45, 2.75) is 38.8 Å². The van der Waals surface area contributed by atoms with Crippen molar-refractivity contribution in [3.63, 3.8) is 0 Å². The number of hydrogen-bond acceptors (Lipinski definition) is 5. The molecule has 0 saturated carbocycles. The van der Waals surface area contributed by atoms with Crippen molar-refractivity contribution < 1.29 is 9.53 Å². The molecule has 140 valence electrons. The molecule has 0 aromatic carbocycles. The molecular weight excluding hydrogens is 330 g/mol. The molecule has 0 radical (unpaired) electrons. The lowest BCUT2D eigenvalue weighted by Crippen LogP contribution is -2.31. The van der Waals surface area contributed by atoms with Crippen molar-refractivity contribution >= 4 is 5.91 Å². The summed E-state index contributed by atoms with van der Waals surface area (Å²) in [6.07, 6.45) is 4.23. The Morgan fingerprint density at radius 2 is 2.27 bits per heavy atom. The number of likely N-dealkylation sites (tertiary alicyclic amines) is 1. The summed E-state index contributed by atoms with van der Waals surface area (Å²) in [7, 11) is 4.02. The molecule has 3 heterocycles. The van der Waals surface area contributed by atoms with Gasteiger partial charge in [0.05, 0.1) is 29.7 Å². The number of ether oxygens (including phenoxy) is 1. The molecule has 1 fully saturated rings. The molecular formula is C19H27N5O2. The van der Waals surface area contributed by atoms with Gasteiger partial charge in [-0.3, -0.25) is 14.9 Å². The minimum Gasteiger partial charge on any atom is -0.488 e. The second-order valence-electron chi connectivity index (χ2n) is 7.35. The first-order valence-electron chi connectivity index (χ1n) is 9.03. The van der Waals surface area contributed by atoms with Gasteiger partial charge in [0, 0.05) is 31.8 Å². The van der Waals surface area contributed by atoms with Crippen molar-refractivity contribution in [3.8, 4) is 5.75 Å². The second-order valence-corrected chi connectivity index (χ2v) is 7.35. The molecule has 0 bridgehead atoms. The Balaban J connectivity index is 1.62. The quantitative estimate of drug-likeness (QED) is 0.858. The van der Waals surface area contributed by atoms with Crippen LogP contribution in [0, 0.1) is 0 Å². The molecule has 1 aliphatic rings. The number of nitrogens with zero attached hydrogens (tertiary/aromatic N) is 4. The largest absolute Gasteiger partial charge is 0.488 e. The number of H-pyrrole nitrogens is 1. The number of aromatic nitrogens is 3. The lowest BCUT2D eigenvalue weighted by molar-refractivity contribution is 0.0771. The molecule has 1 saturated heterocycles. The van der Waals surface area contributed by atoms with Crippen LogP contribution in [0.5, 0.6) is 5.75 Å². The van der Waals surface area contributed by atoms with Gasteiger partial charge in [0.15, 0.2) is 0 Å². The highest BCUT2D eigenvalue weighted by Crippen LogP contribution is 2.23. The monoisotopic (exact) mass is 357 g/mol. The van der Waals surface area contributed by atoms with Gasteiger partial charge in [-0.15, -0.1) is 0 Å². The molecule has 0 spiro atoms. The standard InChI is InChI=1S/C19H27N5O2/c1-13(2)18-17(10-21-22-18)19(25)24-8-6-16(12-24)26-15-5-7-20-14(9-15)11-23(3)4/h5,7,9-10,13,16H,6,8,11-12H2,1-4H3,(H,21,22). The van der Waals surface area contributed by atoms with E-state index >= 15 is 0 Å². The molecule has 0 aliphatic carbocycles. The van der Waals surface area contributed by atoms with Crippen molar-refractivity contribution in [1.82, 2.24) is 25.0 Å². The van der Waals surface area contributed by atoms with Crippen LogP contribution in [0.2, 0.25) is 0 Å². The van der Waals surface area contributed by atoms with Crippen LogP contribution in [0.4, 0.5) is 0 Å². The summed E-state index contributed by atoms with van der Waals surface area (Å²) < 4.78 is 6.10. The number of amides is 1. The second kappa shape index (κ2) is 7.86.